The Morgan fingerprint density at radius 2 is 1.73 bits per heavy atom. The van der Waals surface area contributed by atoms with Gasteiger partial charge in [0.05, 0.1) is 17.1 Å². The molecule has 7 heteroatoms. The first-order valence-electron chi connectivity index (χ1n) is 9.72. The van der Waals surface area contributed by atoms with E-state index in [0.717, 1.165) is 22.0 Å². The van der Waals surface area contributed by atoms with E-state index in [2.05, 4.69) is 58.0 Å². The van der Waals surface area contributed by atoms with E-state index in [0.29, 0.717) is 23.3 Å². The van der Waals surface area contributed by atoms with Crippen molar-refractivity contribution in [2.75, 3.05) is 0 Å². The first-order chi connectivity index (χ1) is 14.4. The lowest BCUT2D eigenvalue weighted by Crippen LogP contribution is -2.10. The molecular formula is C23H23N5OS. The molecular weight excluding hydrogens is 394 g/mol. The minimum atomic E-state index is 0.112. The average Bonchev–Trinajstić information content (AvgIpc) is 3.21. The van der Waals surface area contributed by atoms with Gasteiger partial charge in [0.2, 0.25) is 11.7 Å². The Balaban J connectivity index is 1.47. The Labute approximate surface area is 180 Å². The topological polar surface area (TPSA) is 77.6 Å². The molecule has 0 N–H and O–H groups in total. The van der Waals surface area contributed by atoms with Crippen LogP contribution in [0.5, 0.6) is 0 Å². The number of aromatic nitrogens is 5. The molecule has 0 amide bonds. The normalized spacial score (nSPS) is 11.6. The van der Waals surface area contributed by atoms with Gasteiger partial charge in [-0.25, -0.2) is 9.97 Å². The molecule has 0 fully saturated rings. The lowest BCUT2D eigenvalue weighted by atomic mass is 9.87. The number of benzene rings is 1. The molecule has 3 aromatic heterocycles. The largest absolute Gasteiger partial charge is 0.338 e. The molecule has 0 aliphatic rings. The van der Waals surface area contributed by atoms with Crippen LogP contribution in [0.3, 0.4) is 0 Å². The van der Waals surface area contributed by atoms with Gasteiger partial charge >= 0.3 is 0 Å². The standard InChI is InChI=1S/C23H23N5OS/c1-15-25-19(18-7-5-6-12-24-18)13-21(26-15)30-14-20-27-22(28-29-20)16-8-10-17(11-9-16)23(2,3)4/h5-13H,14H2,1-4H3. The summed E-state index contributed by atoms with van der Waals surface area (Å²) in [6.45, 7) is 8.46. The Morgan fingerprint density at radius 3 is 2.43 bits per heavy atom. The van der Waals surface area contributed by atoms with E-state index in [1.165, 1.54) is 17.3 Å². The van der Waals surface area contributed by atoms with Crippen molar-refractivity contribution in [1.82, 2.24) is 25.1 Å². The highest BCUT2D eigenvalue weighted by molar-refractivity contribution is 7.98. The predicted molar refractivity (Wildman–Crippen MR) is 118 cm³/mol. The van der Waals surface area contributed by atoms with Crippen molar-refractivity contribution in [2.24, 2.45) is 0 Å². The summed E-state index contributed by atoms with van der Waals surface area (Å²) < 4.78 is 5.45. The van der Waals surface area contributed by atoms with Crippen molar-refractivity contribution in [3.63, 3.8) is 0 Å². The van der Waals surface area contributed by atoms with Gasteiger partial charge in [-0.1, -0.05) is 68.0 Å². The molecule has 0 radical (unpaired) electrons. The van der Waals surface area contributed by atoms with Gasteiger partial charge in [-0.3, -0.25) is 4.98 Å². The van der Waals surface area contributed by atoms with E-state index in [-0.39, 0.29) is 5.41 Å². The van der Waals surface area contributed by atoms with Crippen LogP contribution >= 0.6 is 11.8 Å². The highest BCUT2D eigenvalue weighted by Gasteiger charge is 2.15. The number of aryl methyl sites for hydroxylation is 1. The van der Waals surface area contributed by atoms with Gasteiger partial charge in [0.1, 0.15) is 10.9 Å². The molecule has 30 heavy (non-hydrogen) atoms. The molecule has 0 aliphatic carbocycles. The molecule has 6 nitrogen and oxygen atoms in total. The predicted octanol–water partition coefficient (Wildman–Crippen LogP) is 5.49. The van der Waals surface area contributed by atoms with E-state index in [4.69, 9.17) is 4.52 Å². The maximum absolute atomic E-state index is 5.45. The van der Waals surface area contributed by atoms with E-state index in [1.54, 1.807) is 6.20 Å². The molecule has 0 saturated heterocycles. The van der Waals surface area contributed by atoms with Gasteiger partial charge in [-0.2, -0.15) is 4.98 Å². The van der Waals surface area contributed by atoms with Gasteiger partial charge in [0, 0.05) is 11.8 Å². The van der Waals surface area contributed by atoms with Crippen LogP contribution in [0.1, 0.15) is 38.0 Å². The monoisotopic (exact) mass is 417 g/mol. The van der Waals surface area contributed by atoms with E-state index < -0.39 is 0 Å². The van der Waals surface area contributed by atoms with E-state index >= 15 is 0 Å². The highest BCUT2D eigenvalue weighted by Crippen LogP contribution is 2.27. The van der Waals surface area contributed by atoms with Crippen molar-refractivity contribution in [3.8, 4) is 22.8 Å². The molecule has 4 rings (SSSR count). The minimum absolute atomic E-state index is 0.112. The second-order valence-electron chi connectivity index (χ2n) is 7.98. The fraction of sp³-hybridized carbons (Fsp3) is 0.261. The van der Waals surface area contributed by atoms with Crippen molar-refractivity contribution >= 4 is 11.8 Å². The molecule has 152 valence electrons. The fourth-order valence-corrected chi connectivity index (χ4v) is 3.73. The third-order valence-corrected chi connectivity index (χ3v) is 5.46. The van der Waals surface area contributed by atoms with E-state index in [9.17, 15) is 0 Å². The number of nitrogens with zero attached hydrogens (tertiary/aromatic N) is 5. The summed E-state index contributed by atoms with van der Waals surface area (Å²) in [5, 5.41) is 4.98. The SMILES string of the molecule is Cc1nc(SCc2nc(-c3ccc(C(C)(C)C)cc3)no2)cc(-c2ccccn2)n1. The average molecular weight is 418 g/mol. The van der Waals surface area contributed by atoms with Gasteiger partial charge in [-0.15, -0.1) is 0 Å². The molecule has 0 atom stereocenters. The van der Waals surface area contributed by atoms with Gasteiger partial charge in [-0.05, 0) is 36.1 Å². The van der Waals surface area contributed by atoms with Gasteiger partial charge in [0.25, 0.3) is 0 Å². The summed E-state index contributed by atoms with van der Waals surface area (Å²) in [6.07, 6.45) is 1.76. The Kier molecular flexibility index (Phi) is 5.63. The molecule has 0 spiro atoms. The summed E-state index contributed by atoms with van der Waals surface area (Å²) in [5.41, 5.74) is 3.95. The van der Waals surface area contributed by atoms with Crippen LogP contribution in [-0.4, -0.2) is 25.1 Å². The summed E-state index contributed by atoms with van der Waals surface area (Å²) in [7, 11) is 0. The maximum Gasteiger partial charge on any atom is 0.237 e. The van der Waals surface area contributed by atoms with Crippen LogP contribution < -0.4 is 0 Å². The zero-order chi connectivity index (χ0) is 21.1. The fourth-order valence-electron chi connectivity index (χ4n) is 2.95. The molecule has 3 heterocycles. The second-order valence-corrected chi connectivity index (χ2v) is 8.98. The smallest absolute Gasteiger partial charge is 0.237 e. The third kappa shape index (κ3) is 4.74. The van der Waals surface area contributed by atoms with Crippen molar-refractivity contribution in [1.29, 1.82) is 0 Å². The van der Waals surface area contributed by atoms with Gasteiger partial charge < -0.3 is 4.52 Å². The molecule has 1 aromatic carbocycles. The van der Waals surface area contributed by atoms with Crippen LogP contribution in [0.25, 0.3) is 22.8 Å². The molecule has 4 aromatic rings. The van der Waals surface area contributed by atoms with Gasteiger partial charge in [0.15, 0.2) is 0 Å². The lowest BCUT2D eigenvalue weighted by Gasteiger charge is -2.18. The summed E-state index contributed by atoms with van der Waals surface area (Å²) >= 11 is 1.54. The molecule has 0 bridgehead atoms. The number of pyridine rings is 1. The Morgan fingerprint density at radius 1 is 0.933 bits per heavy atom. The number of thioether (sulfide) groups is 1. The maximum atomic E-state index is 5.45. The number of rotatable bonds is 5. The zero-order valence-corrected chi connectivity index (χ0v) is 18.3. The lowest BCUT2D eigenvalue weighted by molar-refractivity contribution is 0.391. The summed E-state index contributed by atoms with van der Waals surface area (Å²) in [4.78, 5) is 17.9. The van der Waals surface area contributed by atoms with Crippen molar-refractivity contribution < 1.29 is 4.52 Å². The second kappa shape index (κ2) is 8.36. The highest BCUT2D eigenvalue weighted by atomic mass is 32.2. The van der Waals surface area contributed by atoms with Crippen molar-refractivity contribution in [2.45, 2.75) is 43.9 Å². The number of hydrogen-bond acceptors (Lipinski definition) is 7. The van der Waals surface area contributed by atoms with Crippen LogP contribution in [-0.2, 0) is 11.2 Å². The van der Waals surface area contributed by atoms with Crippen molar-refractivity contribution in [3.05, 3.63) is 72.0 Å². The molecule has 0 aliphatic heterocycles. The first-order valence-corrected chi connectivity index (χ1v) is 10.7. The van der Waals surface area contributed by atoms with Crippen LogP contribution in [0.2, 0.25) is 0 Å². The Bertz CT molecular complexity index is 1130. The quantitative estimate of drug-likeness (QED) is 0.314. The molecule has 0 saturated carbocycles. The van der Waals surface area contributed by atoms with E-state index in [1.807, 2.05) is 43.3 Å². The van der Waals surface area contributed by atoms with Crippen LogP contribution in [0.15, 0.2) is 64.3 Å². The first kappa shape index (κ1) is 20.2. The Hall–Kier alpha value is -3.06. The zero-order valence-electron chi connectivity index (χ0n) is 17.5. The summed E-state index contributed by atoms with van der Waals surface area (Å²) in [6, 6.07) is 16.0. The summed E-state index contributed by atoms with van der Waals surface area (Å²) in [5.74, 6) is 2.39. The minimum Gasteiger partial charge on any atom is -0.338 e. The van der Waals surface area contributed by atoms with Crippen LogP contribution in [0.4, 0.5) is 0 Å². The third-order valence-electron chi connectivity index (χ3n) is 4.56. The van der Waals surface area contributed by atoms with Crippen LogP contribution in [0, 0.1) is 6.92 Å². The molecule has 0 unspecified atom stereocenters. The number of hydrogen-bond donors (Lipinski definition) is 0.